The molecule has 0 aromatic rings. The zero-order valence-corrected chi connectivity index (χ0v) is 6.72. The summed E-state index contributed by atoms with van der Waals surface area (Å²) in [6.45, 7) is 1.08. The van der Waals surface area contributed by atoms with Crippen molar-refractivity contribution in [1.29, 1.82) is 0 Å². The predicted molar refractivity (Wildman–Crippen MR) is 43.8 cm³/mol. The summed E-state index contributed by atoms with van der Waals surface area (Å²) in [6.07, 6.45) is 0. The number of rotatable bonds is 0. The van der Waals surface area contributed by atoms with E-state index < -0.39 is 5.97 Å². The summed E-state index contributed by atoms with van der Waals surface area (Å²) >= 11 is 5.65. The maximum absolute atomic E-state index is 9.00. The maximum atomic E-state index is 9.00. The van der Waals surface area contributed by atoms with Crippen molar-refractivity contribution in [1.82, 2.24) is 0 Å². The van der Waals surface area contributed by atoms with E-state index in [0.29, 0.717) is 0 Å². The van der Waals surface area contributed by atoms with Crippen LogP contribution in [0.4, 0.5) is 0 Å². The minimum atomic E-state index is -0.833. The van der Waals surface area contributed by atoms with Crippen molar-refractivity contribution < 1.29 is 9.90 Å². The Hall–Kier alpha value is -1.02. The predicted octanol–water partition coefficient (Wildman–Crippen LogP) is 2.41. The first-order chi connectivity index (χ1) is 5.11. The molecule has 0 fully saturated rings. The van der Waals surface area contributed by atoms with Crippen LogP contribution in [0.15, 0.2) is 18.2 Å². The average molecular weight is 171 g/mol. The zero-order valence-electron chi connectivity index (χ0n) is 5.97. The molecule has 0 bridgehead atoms. The number of aliphatic carboxylic acids is 1. The number of halogens is 1. The minimum absolute atomic E-state index is 0.833. The van der Waals surface area contributed by atoms with Crippen molar-refractivity contribution >= 4 is 17.6 Å². The van der Waals surface area contributed by atoms with Gasteiger partial charge < -0.3 is 5.11 Å². The van der Waals surface area contributed by atoms with E-state index in [1.807, 2.05) is 12.1 Å². The van der Waals surface area contributed by atoms with Gasteiger partial charge in [0.25, 0.3) is 5.97 Å². The Bertz CT molecular complexity index is 290. The number of hydrogen-bond donors (Lipinski definition) is 1. The highest BCUT2D eigenvalue weighted by Gasteiger charge is 2.14. The fourth-order valence-corrected chi connectivity index (χ4v) is 0.944. The quantitative estimate of drug-likeness (QED) is 0.659. The topological polar surface area (TPSA) is 37.3 Å². The molecule has 2 rings (SSSR count). The molecule has 58 valence electrons. The van der Waals surface area contributed by atoms with Gasteiger partial charge in [0.05, 0.1) is 0 Å². The van der Waals surface area contributed by atoms with Crippen LogP contribution in [0.3, 0.4) is 0 Å². The van der Waals surface area contributed by atoms with E-state index in [4.69, 9.17) is 21.5 Å². The highest BCUT2D eigenvalue weighted by Crippen LogP contribution is 2.40. The van der Waals surface area contributed by atoms with E-state index in [1.165, 1.54) is 11.1 Å². The van der Waals surface area contributed by atoms with E-state index in [2.05, 4.69) is 6.07 Å². The Balaban J connectivity index is 0.000000134. The van der Waals surface area contributed by atoms with Gasteiger partial charge in [0, 0.05) is 17.5 Å². The summed E-state index contributed by atoms with van der Waals surface area (Å²) in [6, 6.07) is 6.02. The van der Waals surface area contributed by atoms with Gasteiger partial charge in [-0.1, -0.05) is 17.7 Å². The van der Waals surface area contributed by atoms with E-state index in [0.717, 1.165) is 11.9 Å². The van der Waals surface area contributed by atoms with Crippen molar-refractivity contribution in [2.75, 3.05) is 0 Å². The molecule has 2 aliphatic rings. The van der Waals surface area contributed by atoms with Gasteiger partial charge in [-0.15, -0.1) is 0 Å². The number of fused-ring (bicyclic) bond motifs is 1. The molecular weight excluding hydrogens is 164 g/mol. The van der Waals surface area contributed by atoms with Gasteiger partial charge in [0.15, 0.2) is 0 Å². The molecule has 0 amide bonds. The third-order valence-corrected chi connectivity index (χ3v) is 1.52. The number of benzene rings is 1. The molecule has 0 aliphatic heterocycles. The molecule has 2 aliphatic carbocycles. The van der Waals surface area contributed by atoms with Crippen LogP contribution in [0.25, 0.3) is 11.1 Å². The normalized spacial score (nSPS) is 9.64. The second-order valence-corrected chi connectivity index (χ2v) is 2.62. The van der Waals surface area contributed by atoms with Crippen LogP contribution >= 0.6 is 11.6 Å². The lowest BCUT2D eigenvalue weighted by Crippen LogP contribution is -1.78. The summed E-state index contributed by atoms with van der Waals surface area (Å²) < 4.78 is 0. The van der Waals surface area contributed by atoms with Crippen molar-refractivity contribution in [3.8, 4) is 11.1 Å². The Morgan fingerprint density at radius 1 is 1.55 bits per heavy atom. The largest absolute Gasteiger partial charge is 0.481 e. The zero-order chi connectivity index (χ0) is 8.43. The molecule has 3 heteroatoms. The van der Waals surface area contributed by atoms with E-state index >= 15 is 0 Å². The SMILES string of the molecule is CC(=O)O.Clc1ccc2cc1-2. The first kappa shape index (κ1) is 8.08. The number of carboxylic acids is 1. The highest BCUT2D eigenvalue weighted by molar-refractivity contribution is 6.35. The van der Waals surface area contributed by atoms with Crippen molar-refractivity contribution in [3.05, 3.63) is 23.2 Å². The second-order valence-electron chi connectivity index (χ2n) is 2.21. The second kappa shape index (κ2) is 2.93. The lowest BCUT2D eigenvalue weighted by molar-refractivity contribution is -0.134. The van der Waals surface area contributed by atoms with Crippen LogP contribution in [0.2, 0.25) is 5.02 Å². The Labute approximate surface area is 69.4 Å². The first-order valence-electron chi connectivity index (χ1n) is 3.10. The molecule has 2 nitrogen and oxygen atoms in total. The smallest absolute Gasteiger partial charge is 0.300 e. The third kappa shape index (κ3) is 2.24. The van der Waals surface area contributed by atoms with Crippen LogP contribution in [0.5, 0.6) is 0 Å². The van der Waals surface area contributed by atoms with Gasteiger partial charge in [-0.2, -0.15) is 0 Å². The molecule has 0 aromatic heterocycles. The van der Waals surface area contributed by atoms with Crippen molar-refractivity contribution in [2.45, 2.75) is 6.92 Å². The third-order valence-electron chi connectivity index (χ3n) is 1.19. The number of carboxylic acid groups (broad SMARTS) is 1. The standard InChI is InChI=1S/C6H3Cl.C2H4O2/c7-6-2-1-4-3-5(4)6;1-2(3)4/h1-3H;1H3,(H,3,4). The molecule has 0 unspecified atom stereocenters. The van der Waals surface area contributed by atoms with Gasteiger partial charge in [0.2, 0.25) is 0 Å². The van der Waals surface area contributed by atoms with Gasteiger partial charge in [0.1, 0.15) is 0 Å². The summed E-state index contributed by atoms with van der Waals surface area (Å²) in [4.78, 5) is 9.00. The average Bonchev–Trinajstić information content (AvgIpc) is 2.54. The first-order valence-corrected chi connectivity index (χ1v) is 3.48. The molecule has 11 heavy (non-hydrogen) atoms. The summed E-state index contributed by atoms with van der Waals surface area (Å²) in [5.74, 6) is -0.833. The van der Waals surface area contributed by atoms with Crippen molar-refractivity contribution in [2.24, 2.45) is 0 Å². The van der Waals surface area contributed by atoms with E-state index in [1.54, 1.807) is 0 Å². The van der Waals surface area contributed by atoms with Crippen LogP contribution in [0, 0.1) is 0 Å². The summed E-state index contributed by atoms with van der Waals surface area (Å²) in [7, 11) is 0. The maximum Gasteiger partial charge on any atom is 0.300 e. The molecule has 0 radical (unpaired) electrons. The van der Waals surface area contributed by atoms with Crippen LogP contribution < -0.4 is 0 Å². The molecule has 0 atom stereocenters. The molecule has 0 saturated heterocycles. The highest BCUT2D eigenvalue weighted by atomic mass is 35.5. The Morgan fingerprint density at radius 3 is 2.18 bits per heavy atom. The number of hydrogen-bond acceptors (Lipinski definition) is 1. The Kier molecular flexibility index (Phi) is 2.15. The Morgan fingerprint density at radius 2 is 2.09 bits per heavy atom. The van der Waals surface area contributed by atoms with Crippen LogP contribution in [-0.4, -0.2) is 11.1 Å². The molecule has 0 aromatic carbocycles. The molecular formula is C8H7ClO2. The fourth-order valence-electron chi connectivity index (χ4n) is 0.717. The van der Waals surface area contributed by atoms with Gasteiger partial charge in [-0.3, -0.25) is 4.79 Å². The molecule has 0 saturated carbocycles. The van der Waals surface area contributed by atoms with Gasteiger partial charge in [-0.25, -0.2) is 0 Å². The van der Waals surface area contributed by atoms with E-state index in [9.17, 15) is 0 Å². The minimum Gasteiger partial charge on any atom is -0.481 e. The van der Waals surface area contributed by atoms with Gasteiger partial charge >= 0.3 is 0 Å². The van der Waals surface area contributed by atoms with Gasteiger partial charge in [-0.05, 0) is 17.7 Å². The molecule has 1 N–H and O–H groups in total. The summed E-state index contributed by atoms with van der Waals surface area (Å²) in [5, 5.41) is 8.31. The van der Waals surface area contributed by atoms with Crippen LogP contribution in [0.1, 0.15) is 6.92 Å². The molecule has 0 heterocycles. The van der Waals surface area contributed by atoms with Crippen LogP contribution in [-0.2, 0) is 4.79 Å². The van der Waals surface area contributed by atoms with Crippen molar-refractivity contribution in [3.63, 3.8) is 0 Å². The monoisotopic (exact) mass is 170 g/mol. The summed E-state index contributed by atoms with van der Waals surface area (Å²) in [5.41, 5.74) is 2.55. The fraction of sp³-hybridized carbons (Fsp3) is 0.125. The van der Waals surface area contributed by atoms with E-state index in [-0.39, 0.29) is 0 Å². The lowest BCUT2D eigenvalue weighted by atomic mass is 10.5. The lowest BCUT2D eigenvalue weighted by Gasteiger charge is -1.68. The molecule has 0 spiro atoms. The number of carbonyl (C=O) groups is 1.